The van der Waals surface area contributed by atoms with E-state index in [2.05, 4.69) is 125 Å². The highest BCUT2D eigenvalue weighted by molar-refractivity contribution is 7.47. The Hall–Kier alpha value is -4.28. The summed E-state index contributed by atoms with van der Waals surface area (Å²) in [4.78, 5) is 72.8. The molecular formula is C79H136O17P2. The minimum absolute atomic E-state index is 0.0787. The van der Waals surface area contributed by atoms with Gasteiger partial charge in [-0.1, -0.05) is 278 Å². The van der Waals surface area contributed by atoms with Crippen LogP contribution in [0.1, 0.15) is 310 Å². The second kappa shape index (κ2) is 71.1. The highest BCUT2D eigenvalue weighted by Gasteiger charge is 2.30. The smallest absolute Gasteiger partial charge is 0.462 e. The molecule has 0 aromatic carbocycles. The van der Waals surface area contributed by atoms with E-state index in [1.807, 2.05) is 12.2 Å². The number of carbonyl (C=O) groups is 4. The summed E-state index contributed by atoms with van der Waals surface area (Å²) in [6, 6.07) is 0. The van der Waals surface area contributed by atoms with Gasteiger partial charge in [-0.15, -0.1) is 0 Å². The molecular weight excluding hydrogens is 1280 g/mol. The van der Waals surface area contributed by atoms with E-state index >= 15 is 0 Å². The van der Waals surface area contributed by atoms with Crippen molar-refractivity contribution in [2.24, 2.45) is 0 Å². The van der Waals surface area contributed by atoms with E-state index in [0.29, 0.717) is 32.1 Å². The lowest BCUT2D eigenvalue weighted by Gasteiger charge is -2.21. The van der Waals surface area contributed by atoms with Gasteiger partial charge in [0.2, 0.25) is 0 Å². The zero-order valence-electron chi connectivity index (χ0n) is 61.4. The van der Waals surface area contributed by atoms with Gasteiger partial charge in [0.1, 0.15) is 19.3 Å². The van der Waals surface area contributed by atoms with Crippen LogP contribution in [0.5, 0.6) is 0 Å². The first-order valence-corrected chi connectivity index (χ1v) is 41.1. The number of phosphoric acid groups is 2. The van der Waals surface area contributed by atoms with Gasteiger partial charge in [-0.3, -0.25) is 37.3 Å². The van der Waals surface area contributed by atoms with E-state index in [0.717, 1.165) is 148 Å². The largest absolute Gasteiger partial charge is 0.472 e. The zero-order chi connectivity index (χ0) is 71.8. The van der Waals surface area contributed by atoms with Crippen LogP contribution in [0.2, 0.25) is 0 Å². The first-order valence-electron chi connectivity index (χ1n) is 38.1. The highest BCUT2D eigenvalue weighted by Crippen LogP contribution is 2.45. The standard InChI is InChI=1S/C79H136O17P2/c1-5-9-13-17-21-25-29-32-35-36-39-41-45-48-52-56-60-64-77(82)90-70-75(96-79(84)66-62-58-54-50-46-42-38-34-31-27-23-19-15-11-7-3)72-94-98(87,88)92-68-73(80)67-91-97(85,86)93-71-74(95-78(83)65-61-57-53-49-43-28-24-20-16-12-8-4)69-89-76(81)63-59-55-51-47-44-40-37-33-30-26-22-18-14-10-6-2/h9-10,13-14,20-22,24-26,32-33,35,37,39,41,48,52,73-75,80H,5-8,11-12,15-19,23,27-31,34,36,38,40,42-47,49-51,53-72H2,1-4H3,(H,85,86)(H,87,88)/b13-9-,14-10-,24-20-,25-21-,26-22-,35-32-,37-33-,41-39-,52-48-. The van der Waals surface area contributed by atoms with Crippen molar-refractivity contribution in [3.8, 4) is 0 Å². The van der Waals surface area contributed by atoms with Crippen LogP contribution < -0.4 is 0 Å². The summed E-state index contributed by atoms with van der Waals surface area (Å²) >= 11 is 0. The average molecular weight is 1420 g/mol. The minimum Gasteiger partial charge on any atom is -0.462 e. The Labute approximate surface area is 594 Å². The van der Waals surface area contributed by atoms with Gasteiger partial charge < -0.3 is 33.8 Å². The summed E-state index contributed by atoms with van der Waals surface area (Å²) < 4.78 is 68.4. The highest BCUT2D eigenvalue weighted by atomic mass is 31.2. The molecule has 0 amide bonds. The second-order valence-electron chi connectivity index (χ2n) is 25.2. The molecule has 0 aliphatic heterocycles. The normalized spacial score (nSPS) is 14.6. The van der Waals surface area contributed by atoms with Crippen LogP contribution in [0, 0.1) is 0 Å². The molecule has 0 rings (SSSR count). The molecule has 17 nitrogen and oxygen atoms in total. The fraction of sp³-hybridized carbons (Fsp3) is 0.722. The monoisotopic (exact) mass is 1420 g/mol. The summed E-state index contributed by atoms with van der Waals surface area (Å²) in [5.74, 6) is -2.26. The molecule has 0 aromatic heterocycles. The Morgan fingerprint density at radius 3 is 0.898 bits per heavy atom. The summed E-state index contributed by atoms with van der Waals surface area (Å²) in [7, 11) is -9.96. The van der Waals surface area contributed by atoms with Crippen molar-refractivity contribution < 1.29 is 80.2 Å². The van der Waals surface area contributed by atoms with Crippen molar-refractivity contribution in [1.29, 1.82) is 0 Å². The van der Waals surface area contributed by atoms with Crippen molar-refractivity contribution in [3.63, 3.8) is 0 Å². The SMILES string of the molecule is CC/C=C\C/C=C\C/C=C\C/C=C\C/C=C\CCCC(=O)OCC(COP(=O)(O)OCC(O)COP(=O)(O)OCC(COC(=O)CCCCCCC/C=C\C/C=C\C/C=C\CC)OC(=O)CCCCCCC/C=C\CCCC)OC(=O)CCCCCCCCCCCCCCCCC. The first kappa shape index (κ1) is 93.7. The topological polar surface area (TPSA) is 237 Å². The lowest BCUT2D eigenvalue weighted by Crippen LogP contribution is -2.30. The number of allylic oxidation sites excluding steroid dienone is 18. The van der Waals surface area contributed by atoms with E-state index < -0.39 is 97.5 Å². The maximum Gasteiger partial charge on any atom is 0.472 e. The van der Waals surface area contributed by atoms with Gasteiger partial charge in [-0.05, 0) is 116 Å². The van der Waals surface area contributed by atoms with Crippen LogP contribution >= 0.6 is 15.6 Å². The number of unbranched alkanes of at least 4 members (excludes halogenated alkanes) is 27. The molecule has 0 spiro atoms. The van der Waals surface area contributed by atoms with Crippen LogP contribution in [-0.4, -0.2) is 96.7 Å². The molecule has 0 heterocycles. The van der Waals surface area contributed by atoms with Crippen molar-refractivity contribution >= 4 is 39.5 Å². The number of aliphatic hydroxyl groups excluding tert-OH is 1. The fourth-order valence-electron chi connectivity index (χ4n) is 9.96. The van der Waals surface area contributed by atoms with Gasteiger partial charge in [0.25, 0.3) is 0 Å². The van der Waals surface area contributed by atoms with E-state index in [1.165, 1.54) is 77.0 Å². The molecule has 5 unspecified atom stereocenters. The first-order chi connectivity index (χ1) is 47.7. The molecule has 0 fully saturated rings. The predicted octanol–water partition coefficient (Wildman–Crippen LogP) is 21.8. The number of rotatable bonds is 71. The average Bonchev–Trinajstić information content (AvgIpc) is 0.986. The van der Waals surface area contributed by atoms with Gasteiger partial charge in [0.15, 0.2) is 12.2 Å². The van der Waals surface area contributed by atoms with Crippen molar-refractivity contribution in [3.05, 3.63) is 109 Å². The van der Waals surface area contributed by atoms with E-state index in [-0.39, 0.29) is 25.7 Å². The number of phosphoric ester groups is 2. The predicted molar refractivity (Wildman–Crippen MR) is 399 cm³/mol. The van der Waals surface area contributed by atoms with E-state index in [9.17, 15) is 43.2 Å². The number of esters is 4. The molecule has 564 valence electrons. The van der Waals surface area contributed by atoms with Crippen molar-refractivity contribution in [2.45, 2.75) is 329 Å². The summed E-state index contributed by atoms with van der Waals surface area (Å²) in [6.07, 6.45) is 75.2. The van der Waals surface area contributed by atoms with Crippen LogP contribution in [0.3, 0.4) is 0 Å². The molecule has 0 aromatic rings. The Kier molecular flexibility index (Phi) is 68.0. The van der Waals surface area contributed by atoms with Gasteiger partial charge in [-0.2, -0.15) is 0 Å². The molecule has 98 heavy (non-hydrogen) atoms. The van der Waals surface area contributed by atoms with E-state index in [1.54, 1.807) is 0 Å². The Bertz CT molecular complexity index is 2290. The number of hydrogen-bond donors (Lipinski definition) is 3. The summed E-state index contributed by atoms with van der Waals surface area (Å²) in [5, 5.41) is 10.6. The zero-order valence-corrected chi connectivity index (χ0v) is 63.2. The van der Waals surface area contributed by atoms with Crippen LogP contribution in [-0.2, 0) is 65.4 Å². The summed E-state index contributed by atoms with van der Waals surface area (Å²) in [5.41, 5.74) is 0. The number of carbonyl (C=O) groups excluding carboxylic acids is 4. The third-order valence-electron chi connectivity index (χ3n) is 15.7. The van der Waals surface area contributed by atoms with Gasteiger partial charge >= 0.3 is 39.5 Å². The van der Waals surface area contributed by atoms with Gasteiger partial charge in [0.05, 0.1) is 26.4 Å². The van der Waals surface area contributed by atoms with Crippen molar-refractivity contribution in [2.75, 3.05) is 39.6 Å². The van der Waals surface area contributed by atoms with Crippen LogP contribution in [0.4, 0.5) is 0 Å². The summed E-state index contributed by atoms with van der Waals surface area (Å²) in [6.45, 7) is 4.53. The second-order valence-corrected chi connectivity index (χ2v) is 28.1. The Morgan fingerprint density at radius 2 is 0.551 bits per heavy atom. The third-order valence-corrected chi connectivity index (χ3v) is 17.6. The maximum atomic E-state index is 13.1. The quantitative estimate of drug-likeness (QED) is 0.0169. The number of ether oxygens (including phenoxy) is 4. The Balaban J connectivity index is 5.38. The molecule has 0 radical (unpaired) electrons. The number of hydrogen-bond acceptors (Lipinski definition) is 15. The molecule has 0 bridgehead atoms. The van der Waals surface area contributed by atoms with Gasteiger partial charge in [0, 0.05) is 25.7 Å². The molecule has 0 aliphatic carbocycles. The number of aliphatic hydroxyl groups is 1. The van der Waals surface area contributed by atoms with E-state index in [4.69, 9.17) is 37.0 Å². The fourth-order valence-corrected chi connectivity index (χ4v) is 11.5. The Morgan fingerprint density at radius 1 is 0.296 bits per heavy atom. The molecule has 0 saturated carbocycles. The van der Waals surface area contributed by atoms with Crippen molar-refractivity contribution in [1.82, 2.24) is 0 Å². The lowest BCUT2D eigenvalue weighted by molar-refractivity contribution is -0.161. The molecule has 0 aliphatic rings. The van der Waals surface area contributed by atoms with Crippen LogP contribution in [0.25, 0.3) is 0 Å². The molecule has 19 heteroatoms. The third kappa shape index (κ3) is 70.2. The molecule has 3 N–H and O–H groups in total. The maximum absolute atomic E-state index is 13.1. The molecule has 0 saturated heterocycles. The van der Waals surface area contributed by atoms with Crippen LogP contribution in [0.15, 0.2) is 109 Å². The molecule has 5 atom stereocenters. The minimum atomic E-state index is -4.99. The van der Waals surface area contributed by atoms with Gasteiger partial charge in [-0.25, -0.2) is 9.13 Å². The lowest BCUT2D eigenvalue weighted by atomic mass is 10.0.